The largest absolute Gasteiger partial charge is 0.396 e. The van der Waals surface area contributed by atoms with Crippen LogP contribution in [-0.2, 0) is 0 Å². The molecule has 0 aliphatic heterocycles. The lowest BCUT2D eigenvalue weighted by Crippen LogP contribution is -2.43. The molecular formula is C16H32N2O3. The van der Waals surface area contributed by atoms with Crippen LogP contribution in [0, 0.1) is 11.3 Å². The van der Waals surface area contributed by atoms with Gasteiger partial charge in [-0.2, -0.15) is 0 Å². The molecule has 0 radical (unpaired) electrons. The normalized spacial score (nSPS) is 22.9. The molecular weight excluding hydrogens is 268 g/mol. The molecule has 0 aromatic rings. The van der Waals surface area contributed by atoms with Gasteiger partial charge in [-0.15, -0.1) is 0 Å². The number of carbonyl (C=O) groups excluding carboxylic acids is 1. The van der Waals surface area contributed by atoms with Gasteiger partial charge >= 0.3 is 6.03 Å². The van der Waals surface area contributed by atoms with Gasteiger partial charge in [-0.3, -0.25) is 0 Å². The maximum absolute atomic E-state index is 12.0. The molecule has 1 fully saturated rings. The number of nitrogens with zero attached hydrogens (tertiary/aromatic N) is 1. The molecule has 3 N–H and O–H groups in total. The van der Waals surface area contributed by atoms with E-state index in [-0.39, 0.29) is 30.1 Å². The number of aliphatic hydroxyl groups is 2. The predicted octanol–water partition coefficient (Wildman–Crippen LogP) is 1.98. The first-order valence-corrected chi connectivity index (χ1v) is 8.13. The Labute approximate surface area is 128 Å². The van der Waals surface area contributed by atoms with Crippen LogP contribution in [0.1, 0.15) is 52.4 Å². The van der Waals surface area contributed by atoms with Crippen LogP contribution in [0.15, 0.2) is 0 Å². The molecule has 0 spiro atoms. The summed E-state index contributed by atoms with van der Waals surface area (Å²) in [6, 6.07) is -0.0745. The van der Waals surface area contributed by atoms with Gasteiger partial charge in [0.05, 0.1) is 6.10 Å². The van der Waals surface area contributed by atoms with Gasteiger partial charge in [0.15, 0.2) is 0 Å². The molecule has 1 aliphatic rings. The van der Waals surface area contributed by atoms with Crippen molar-refractivity contribution in [3.63, 3.8) is 0 Å². The summed E-state index contributed by atoms with van der Waals surface area (Å²) in [7, 11) is 1.79. The van der Waals surface area contributed by atoms with Gasteiger partial charge < -0.3 is 20.4 Å². The molecule has 2 unspecified atom stereocenters. The van der Waals surface area contributed by atoms with Gasteiger partial charge in [-0.1, -0.05) is 26.7 Å². The molecule has 1 saturated carbocycles. The highest BCUT2D eigenvalue weighted by Crippen LogP contribution is 2.25. The van der Waals surface area contributed by atoms with E-state index in [1.807, 2.05) is 13.8 Å². The maximum Gasteiger partial charge on any atom is 0.317 e. The van der Waals surface area contributed by atoms with Crippen LogP contribution in [0.3, 0.4) is 0 Å². The smallest absolute Gasteiger partial charge is 0.317 e. The second kappa shape index (κ2) is 8.59. The standard InChI is InChI=1S/C16H32N2O3/c1-16(2,12-19)9-6-10-17-15(21)18(3)11-13-7-4-5-8-14(13)20/h13-14,19-20H,4-12H2,1-3H3,(H,17,21). The zero-order valence-corrected chi connectivity index (χ0v) is 13.8. The molecule has 5 nitrogen and oxygen atoms in total. The van der Waals surface area contributed by atoms with Gasteiger partial charge in [-0.05, 0) is 31.1 Å². The summed E-state index contributed by atoms with van der Waals surface area (Å²) < 4.78 is 0. The highest BCUT2D eigenvalue weighted by Gasteiger charge is 2.25. The minimum Gasteiger partial charge on any atom is -0.396 e. The molecule has 0 aromatic carbocycles. The fourth-order valence-corrected chi connectivity index (χ4v) is 2.81. The van der Waals surface area contributed by atoms with E-state index in [9.17, 15) is 15.0 Å². The van der Waals surface area contributed by atoms with Gasteiger partial charge in [0, 0.05) is 32.7 Å². The van der Waals surface area contributed by atoms with E-state index in [0.29, 0.717) is 13.1 Å². The first kappa shape index (κ1) is 18.2. The molecule has 1 rings (SSSR count). The van der Waals surface area contributed by atoms with Crippen LogP contribution in [0.5, 0.6) is 0 Å². The van der Waals surface area contributed by atoms with Crippen LogP contribution in [-0.4, -0.2) is 54.0 Å². The minimum atomic E-state index is -0.264. The molecule has 0 heterocycles. The molecule has 0 aromatic heterocycles. The average molecular weight is 300 g/mol. The zero-order chi connectivity index (χ0) is 15.9. The van der Waals surface area contributed by atoms with Crippen LogP contribution in [0.4, 0.5) is 4.79 Å². The van der Waals surface area contributed by atoms with Crippen LogP contribution in [0.2, 0.25) is 0 Å². The molecule has 5 heteroatoms. The molecule has 0 bridgehead atoms. The summed E-state index contributed by atoms with van der Waals surface area (Å²) >= 11 is 0. The van der Waals surface area contributed by atoms with E-state index in [1.54, 1.807) is 11.9 Å². The second-order valence-corrected chi connectivity index (χ2v) is 7.15. The summed E-state index contributed by atoms with van der Waals surface area (Å²) in [5, 5.41) is 22.0. The molecule has 2 atom stereocenters. The van der Waals surface area contributed by atoms with Crippen molar-refractivity contribution in [1.29, 1.82) is 0 Å². The van der Waals surface area contributed by atoms with Gasteiger partial charge in [0.25, 0.3) is 0 Å². The molecule has 0 saturated heterocycles. The number of hydrogen-bond acceptors (Lipinski definition) is 3. The summed E-state index contributed by atoms with van der Waals surface area (Å²) in [6.45, 7) is 5.45. The molecule has 21 heavy (non-hydrogen) atoms. The Morgan fingerprint density at radius 2 is 2.00 bits per heavy atom. The monoisotopic (exact) mass is 300 g/mol. The van der Waals surface area contributed by atoms with E-state index >= 15 is 0 Å². The topological polar surface area (TPSA) is 72.8 Å². The first-order chi connectivity index (χ1) is 9.85. The Morgan fingerprint density at radius 1 is 1.33 bits per heavy atom. The maximum atomic E-state index is 12.0. The number of nitrogens with one attached hydrogen (secondary N) is 1. The van der Waals surface area contributed by atoms with Crippen LogP contribution in [0.25, 0.3) is 0 Å². The van der Waals surface area contributed by atoms with Gasteiger partial charge in [0.1, 0.15) is 0 Å². The van der Waals surface area contributed by atoms with E-state index in [0.717, 1.165) is 38.5 Å². The SMILES string of the molecule is CN(CC1CCCCC1O)C(=O)NCCCC(C)(C)CO. The molecule has 1 aliphatic carbocycles. The third-order valence-electron chi connectivity index (χ3n) is 4.46. The van der Waals surface area contributed by atoms with Crippen molar-refractivity contribution >= 4 is 6.03 Å². The summed E-state index contributed by atoms with van der Waals surface area (Å²) in [5.41, 5.74) is -0.0805. The highest BCUT2D eigenvalue weighted by molar-refractivity contribution is 5.73. The van der Waals surface area contributed by atoms with E-state index in [1.165, 1.54) is 0 Å². The van der Waals surface area contributed by atoms with Crippen molar-refractivity contribution in [2.24, 2.45) is 11.3 Å². The second-order valence-electron chi connectivity index (χ2n) is 7.15. The fraction of sp³-hybridized carbons (Fsp3) is 0.938. The lowest BCUT2D eigenvalue weighted by Gasteiger charge is -2.31. The highest BCUT2D eigenvalue weighted by atomic mass is 16.3. The third kappa shape index (κ3) is 6.66. The van der Waals surface area contributed by atoms with E-state index < -0.39 is 0 Å². The summed E-state index contributed by atoms with van der Waals surface area (Å²) in [4.78, 5) is 13.7. The Bertz CT molecular complexity index is 321. The van der Waals surface area contributed by atoms with Crippen molar-refractivity contribution in [1.82, 2.24) is 10.2 Å². The Balaban J connectivity index is 2.22. The Kier molecular flexibility index (Phi) is 7.46. The molecule has 124 valence electrons. The Hall–Kier alpha value is -0.810. The van der Waals surface area contributed by atoms with E-state index in [2.05, 4.69) is 5.32 Å². The number of rotatable bonds is 7. The number of amides is 2. The first-order valence-electron chi connectivity index (χ1n) is 8.13. The average Bonchev–Trinajstić information content (AvgIpc) is 2.45. The number of carbonyl (C=O) groups is 1. The van der Waals surface area contributed by atoms with Crippen molar-refractivity contribution in [2.75, 3.05) is 26.7 Å². The van der Waals surface area contributed by atoms with Gasteiger partial charge in [-0.25, -0.2) is 4.79 Å². The quantitative estimate of drug-likeness (QED) is 0.629. The van der Waals surface area contributed by atoms with Gasteiger partial charge in [0.2, 0.25) is 0 Å². The lowest BCUT2D eigenvalue weighted by molar-refractivity contribution is 0.0565. The van der Waals surface area contributed by atoms with Crippen LogP contribution < -0.4 is 5.32 Å². The number of urea groups is 1. The molecule has 2 amide bonds. The number of aliphatic hydroxyl groups excluding tert-OH is 2. The van der Waals surface area contributed by atoms with Crippen molar-refractivity contribution in [3.05, 3.63) is 0 Å². The Morgan fingerprint density at radius 3 is 2.62 bits per heavy atom. The van der Waals surface area contributed by atoms with Crippen LogP contribution >= 0.6 is 0 Å². The minimum absolute atomic E-state index is 0.0745. The summed E-state index contributed by atoms with van der Waals surface area (Å²) in [5.74, 6) is 0.211. The summed E-state index contributed by atoms with van der Waals surface area (Å²) in [6.07, 6.45) is 5.58. The van der Waals surface area contributed by atoms with Crippen molar-refractivity contribution in [2.45, 2.75) is 58.5 Å². The number of hydrogen-bond donors (Lipinski definition) is 3. The lowest BCUT2D eigenvalue weighted by atomic mass is 9.86. The van der Waals surface area contributed by atoms with Crippen molar-refractivity contribution < 1.29 is 15.0 Å². The fourth-order valence-electron chi connectivity index (χ4n) is 2.81. The third-order valence-corrected chi connectivity index (χ3v) is 4.46. The van der Waals surface area contributed by atoms with Crippen molar-refractivity contribution in [3.8, 4) is 0 Å². The van der Waals surface area contributed by atoms with E-state index in [4.69, 9.17) is 0 Å². The zero-order valence-electron chi connectivity index (χ0n) is 13.8. The predicted molar refractivity (Wildman–Crippen MR) is 84.1 cm³/mol.